The second kappa shape index (κ2) is 5.21. The van der Waals surface area contributed by atoms with Crippen molar-refractivity contribution in [2.24, 2.45) is 0 Å². The smallest absolute Gasteiger partial charge is 0.240 e. The van der Waals surface area contributed by atoms with Gasteiger partial charge < -0.3 is 10.2 Å². The van der Waals surface area contributed by atoms with Crippen molar-refractivity contribution in [1.82, 2.24) is 10.2 Å². The Kier molecular flexibility index (Phi) is 3.92. The summed E-state index contributed by atoms with van der Waals surface area (Å²) in [5, 5.41) is 3.61. The van der Waals surface area contributed by atoms with Crippen LogP contribution in [-0.4, -0.2) is 41.6 Å². The van der Waals surface area contributed by atoms with Gasteiger partial charge in [0, 0.05) is 6.54 Å². The average Bonchev–Trinajstić information content (AvgIpc) is 2.70. The molecule has 0 radical (unpaired) electrons. The molecule has 0 aromatic rings. The molecule has 1 N–H and O–H groups in total. The molecular formula is C11H20N2OS. The molecule has 0 aromatic carbocycles. The van der Waals surface area contributed by atoms with E-state index in [2.05, 4.69) is 10.2 Å². The maximum absolute atomic E-state index is 12.2. The van der Waals surface area contributed by atoms with Gasteiger partial charge >= 0.3 is 0 Å². The Morgan fingerprint density at radius 3 is 2.87 bits per heavy atom. The average molecular weight is 228 g/mol. The number of thioether (sulfide) groups is 1. The van der Waals surface area contributed by atoms with Gasteiger partial charge in [-0.2, -0.15) is 0 Å². The van der Waals surface area contributed by atoms with Crippen LogP contribution in [0, 0.1) is 0 Å². The first kappa shape index (κ1) is 11.3. The van der Waals surface area contributed by atoms with E-state index in [9.17, 15) is 4.79 Å². The summed E-state index contributed by atoms with van der Waals surface area (Å²) >= 11 is 1.95. The summed E-state index contributed by atoms with van der Waals surface area (Å²) < 4.78 is 0. The first-order valence-corrected chi connectivity index (χ1v) is 6.97. The molecule has 2 saturated heterocycles. The van der Waals surface area contributed by atoms with Gasteiger partial charge in [-0.1, -0.05) is 0 Å². The number of likely N-dealkylation sites (tertiary alicyclic amines) is 1. The van der Waals surface area contributed by atoms with Crippen molar-refractivity contribution in [3.05, 3.63) is 0 Å². The zero-order chi connectivity index (χ0) is 10.7. The first-order valence-electron chi connectivity index (χ1n) is 5.92. The number of hydrogen-bond acceptors (Lipinski definition) is 3. The third-order valence-electron chi connectivity index (χ3n) is 3.32. The zero-order valence-electron chi connectivity index (χ0n) is 9.37. The first-order chi connectivity index (χ1) is 7.33. The molecule has 2 rings (SSSR count). The maximum atomic E-state index is 12.2. The van der Waals surface area contributed by atoms with Crippen LogP contribution in [0.4, 0.5) is 0 Å². The minimum absolute atomic E-state index is 0.0636. The van der Waals surface area contributed by atoms with Crippen LogP contribution in [0.1, 0.15) is 32.1 Å². The summed E-state index contributed by atoms with van der Waals surface area (Å²) in [7, 11) is 1.90. The molecule has 0 saturated carbocycles. The van der Waals surface area contributed by atoms with Crippen molar-refractivity contribution in [1.29, 1.82) is 0 Å². The van der Waals surface area contributed by atoms with E-state index in [4.69, 9.17) is 0 Å². The maximum Gasteiger partial charge on any atom is 0.240 e. The largest absolute Gasteiger partial charge is 0.329 e. The molecule has 0 aliphatic carbocycles. The molecule has 0 spiro atoms. The zero-order valence-corrected chi connectivity index (χ0v) is 10.2. The van der Waals surface area contributed by atoms with Crippen LogP contribution in [-0.2, 0) is 4.79 Å². The van der Waals surface area contributed by atoms with Crippen LogP contribution in [0.25, 0.3) is 0 Å². The van der Waals surface area contributed by atoms with Crippen molar-refractivity contribution in [3.63, 3.8) is 0 Å². The molecule has 4 heteroatoms. The summed E-state index contributed by atoms with van der Waals surface area (Å²) in [6.07, 6.45) is 5.80. The lowest BCUT2D eigenvalue weighted by Gasteiger charge is -2.29. The highest BCUT2D eigenvalue weighted by Crippen LogP contribution is 2.31. The lowest BCUT2D eigenvalue weighted by Crippen LogP contribution is -2.46. The van der Waals surface area contributed by atoms with Gasteiger partial charge in [0.15, 0.2) is 0 Å². The van der Waals surface area contributed by atoms with E-state index in [1.807, 2.05) is 18.8 Å². The number of amides is 1. The van der Waals surface area contributed by atoms with E-state index < -0.39 is 0 Å². The van der Waals surface area contributed by atoms with Gasteiger partial charge in [-0.3, -0.25) is 4.79 Å². The van der Waals surface area contributed by atoms with Gasteiger partial charge in [0.05, 0.1) is 11.4 Å². The second-order valence-corrected chi connectivity index (χ2v) is 5.62. The molecule has 0 aromatic heterocycles. The highest BCUT2D eigenvalue weighted by molar-refractivity contribution is 8.00. The standard InChI is InChI=1S/C11H20N2OS/c1-12-9-5-2-3-7-13(11(9)14)10-6-4-8-15-10/h9-10,12H,2-8H2,1H3. The summed E-state index contributed by atoms with van der Waals surface area (Å²) in [6.45, 7) is 0.967. The Hall–Kier alpha value is -0.220. The van der Waals surface area contributed by atoms with Crippen LogP contribution in [0.3, 0.4) is 0 Å². The summed E-state index contributed by atoms with van der Waals surface area (Å²) in [4.78, 5) is 14.3. The van der Waals surface area contributed by atoms with Crippen LogP contribution in [0.2, 0.25) is 0 Å². The highest BCUT2D eigenvalue weighted by Gasteiger charge is 2.32. The van der Waals surface area contributed by atoms with Crippen LogP contribution in [0.5, 0.6) is 0 Å². The highest BCUT2D eigenvalue weighted by atomic mass is 32.2. The fraction of sp³-hybridized carbons (Fsp3) is 0.909. The minimum Gasteiger partial charge on any atom is -0.329 e. The molecule has 2 unspecified atom stereocenters. The predicted molar refractivity (Wildman–Crippen MR) is 63.9 cm³/mol. The SMILES string of the molecule is CNC1CCCCN(C2CCCS2)C1=O. The van der Waals surface area contributed by atoms with Crippen LogP contribution in [0.15, 0.2) is 0 Å². The van der Waals surface area contributed by atoms with Crippen molar-refractivity contribution >= 4 is 17.7 Å². The Labute approximate surface area is 96.0 Å². The minimum atomic E-state index is 0.0636. The third-order valence-corrected chi connectivity index (χ3v) is 4.72. The van der Waals surface area contributed by atoms with Gasteiger partial charge in [-0.25, -0.2) is 0 Å². The van der Waals surface area contributed by atoms with E-state index >= 15 is 0 Å². The fourth-order valence-electron chi connectivity index (χ4n) is 2.42. The number of likely N-dealkylation sites (N-methyl/N-ethyl adjacent to an activating group) is 1. The molecule has 0 bridgehead atoms. The van der Waals surface area contributed by atoms with Crippen LogP contribution >= 0.6 is 11.8 Å². The van der Waals surface area contributed by atoms with Crippen molar-refractivity contribution in [2.75, 3.05) is 19.3 Å². The Morgan fingerprint density at radius 2 is 2.20 bits per heavy atom. The Balaban J connectivity index is 2.03. The Morgan fingerprint density at radius 1 is 1.33 bits per heavy atom. The molecule has 86 valence electrons. The van der Waals surface area contributed by atoms with E-state index in [0.717, 1.165) is 13.0 Å². The number of carbonyl (C=O) groups is 1. The summed E-state index contributed by atoms with van der Waals surface area (Å²) in [6, 6.07) is 0.0636. The van der Waals surface area contributed by atoms with E-state index in [-0.39, 0.29) is 6.04 Å². The van der Waals surface area contributed by atoms with Gasteiger partial charge in [0.1, 0.15) is 0 Å². The van der Waals surface area contributed by atoms with Gasteiger partial charge in [-0.05, 0) is 44.9 Å². The lowest BCUT2D eigenvalue weighted by atomic mass is 10.1. The van der Waals surface area contributed by atoms with E-state index in [1.165, 1.54) is 31.4 Å². The van der Waals surface area contributed by atoms with E-state index in [1.54, 1.807) is 0 Å². The normalized spacial score (nSPS) is 33.1. The number of nitrogens with one attached hydrogen (secondary N) is 1. The number of nitrogens with zero attached hydrogens (tertiary/aromatic N) is 1. The molecule has 2 aliphatic rings. The molecule has 2 aliphatic heterocycles. The Bertz CT molecular complexity index is 229. The number of rotatable bonds is 2. The molecule has 2 fully saturated rings. The summed E-state index contributed by atoms with van der Waals surface area (Å²) in [5.41, 5.74) is 0. The number of hydrogen-bond donors (Lipinski definition) is 1. The van der Waals surface area contributed by atoms with Gasteiger partial charge in [0.25, 0.3) is 0 Å². The molecule has 2 atom stereocenters. The van der Waals surface area contributed by atoms with Gasteiger partial charge in [0.2, 0.25) is 5.91 Å². The van der Waals surface area contributed by atoms with Gasteiger partial charge in [-0.15, -0.1) is 11.8 Å². The van der Waals surface area contributed by atoms with Crippen LogP contribution < -0.4 is 5.32 Å². The topological polar surface area (TPSA) is 32.3 Å². The van der Waals surface area contributed by atoms with Crippen molar-refractivity contribution < 1.29 is 4.79 Å². The molecule has 3 nitrogen and oxygen atoms in total. The number of carbonyl (C=O) groups excluding carboxylic acids is 1. The molecule has 2 heterocycles. The molecule has 1 amide bonds. The monoisotopic (exact) mass is 228 g/mol. The second-order valence-electron chi connectivity index (χ2n) is 4.34. The summed E-state index contributed by atoms with van der Waals surface area (Å²) in [5.74, 6) is 1.55. The third kappa shape index (κ3) is 2.48. The molecule has 15 heavy (non-hydrogen) atoms. The molecular weight excluding hydrogens is 208 g/mol. The van der Waals surface area contributed by atoms with Crippen molar-refractivity contribution in [3.8, 4) is 0 Å². The van der Waals surface area contributed by atoms with Crippen molar-refractivity contribution in [2.45, 2.75) is 43.5 Å². The quantitative estimate of drug-likeness (QED) is 0.776. The lowest BCUT2D eigenvalue weighted by molar-refractivity contribution is -0.133. The predicted octanol–water partition coefficient (Wildman–Crippen LogP) is 1.44. The fourth-order valence-corrected chi connectivity index (χ4v) is 3.75. The van der Waals surface area contributed by atoms with E-state index in [0.29, 0.717) is 11.3 Å².